The number of hydrogen-bond acceptors (Lipinski definition) is 4. The van der Waals surface area contributed by atoms with E-state index in [0.29, 0.717) is 19.3 Å². The molecule has 1 aliphatic carbocycles. The molecule has 0 bridgehead atoms. The van der Waals surface area contributed by atoms with Gasteiger partial charge in [0, 0.05) is 6.54 Å². The predicted octanol–water partition coefficient (Wildman–Crippen LogP) is 0.708. The van der Waals surface area contributed by atoms with Crippen LogP contribution in [0.1, 0.15) is 25.7 Å². The molecule has 0 amide bonds. The lowest BCUT2D eigenvalue weighted by Crippen LogP contribution is -2.28. The summed E-state index contributed by atoms with van der Waals surface area (Å²) in [5.41, 5.74) is 0. The third kappa shape index (κ3) is 4.58. The molecule has 0 atom stereocenters. The van der Waals surface area contributed by atoms with Crippen LogP contribution in [0.15, 0.2) is 0 Å². The Bertz CT molecular complexity index is 167. The van der Waals surface area contributed by atoms with Crippen LogP contribution in [-0.2, 0) is 14.3 Å². The lowest BCUT2D eigenvalue weighted by Gasteiger charge is -2.10. The fourth-order valence-electron chi connectivity index (χ4n) is 1.62. The summed E-state index contributed by atoms with van der Waals surface area (Å²) < 4.78 is 10.1. The van der Waals surface area contributed by atoms with Crippen LogP contribution in [0.2, 0.25) is 0 Å². The highest BCUT2D eigenvalue weighted by atomic mass is 16.5. The zero-order chi connectivity index (χ0) is 10.2. The molecule has 1 rings (SSSR count). The zero-order valence-corrected chi connectivity index (χ0v) is 8.75. The number of hydrogen-bond donors (Lipinski definition) is 1. The molecule has 0 heterocycles. The minimum Gasteiger partial charge on any atom is -0.468 e. The van der Waals surface area contributed by atoms with Crippen molar-refractivity contribution in [1.82, 2.24) is 5.32 Å². The van der Waals surface area contributed by atoms with Gasteiger partial charge in [-0.3, -0.25) is 4.79 Å². The molecule has 1 saturated carbocycles. The van der Waals surface area contributed by atoms with Crippen LogP contribution in [0.3, 0.4) is 0 Å². The minimum absolute atomic E-state index is 0.231. The molecule has 82 valence electrons. The summed E-state index contributed by atoms with van der Waals surface area (Å²) in [5, 5.41) is 2.96. The van der Waals surface area contributed by atoms with E-state index in [1.165, 1.54) is 32.8 Å². The van der Waals surface area contributed by atoms with Crippen LogP contribution in [0.4, 0.5) is 0 Å². The van der Waals surface area contributed by atoms with Crippen molar-refractivity contribution in [1.29, 1.82) is 0 Å². The summed E-state index contributed by atoms with van der Waals surface area (Å²) in [5.74, 6) is -0.231. The molecule has 14 heavy (non-hydrogen) atoms. The number of carbonyl (C=O) groups is 1. The average Bonchev–Trinajstić information content (AvgIpc) is 2.69. The van der Waals surface area contributed by atoms with Gasteiger partial charge < -0.3 is 14.8 Å². The van der Waals surface area contributed by atoms with E-state index < -0.39 is 0 Å². The Kier molecular flexibility index (Phi) is 5.56. The van der Waals surface area contributed by atoms with E-state index in [-0.39, 0.29) is 12.5 Å². The topological polar surface area (TPSA) is 47.6 Å². The number of methoxy groups -OCH3 is 1. The zero-order valence-electron chi connectivity index (χ0n) is 8.75. The van der Waals surface area contributed by atoms with Gasteiger partial charge in [0.25, 0.3) is 0 Å². The molecule has 0 radical (unpaired) electrons. The van der Waals surface area contributed by atoms with Crippen LogP contribution >= 0.6 is 0 Å². The van der Waals surface area contributed by atoms with Crippen molar-refractivity contribution in [2.24, 2.45) is 0 Å². The summed E-state index contributed by atoms with van der Waals surface area (Å²) in [4.78, 5) is 10.7. The third-order valence-electron chi connectivity index (χ3n) is 2.43. The van der Waals surface area contributed by atoms with Crippen molar-refractivity contribution >= 4 is 5.97 Å². The summed E-state index contributed by atoms with van der Waals surface area (Å²) in [6.07, 6.45) is 5.42. The molecule has 1 N–H and O–H groups in total. The number of nitrogens with one attached hydrogen (secondary N) is 1. The average molecular weight is 201 g/mol. The molecule has 1 aliphatic rings. The molecular formula is C10H19NO3. The maximum Gasteiger partial charge on any atom is 0.319 e. The molecule has 0 aromatic heterocycles. The molecule has 4 nitrogen and oxygen atoms in total. The van der Waals surface area contributed by atoms with Gasteiger partial charge in [0.1, 0.15) is 0 Å². The first-order chi connectivity index (χ1) is 6.83. The van der Waals surface area contributed by atoms with Crippen LogP contribution in [0.25, 0.3) is 0 Å². The van der Waals surface area contributed by atoms with Gasteiger partial charge in [-0.1, -0.05) is 12.8 Å². The van der Waals surface area contributed by atoms with E-state index >= 15 is 0 Å². The van der Waals surface area contributed by atoms with Crippen LogP contribution in [0, 0.1) is 0 Å². The van der Waals surface area contributed by atoms with E-state index in [9.17, 15) is 4.79 Å². The van der Waals surface area contributed by atoms with Gasteiger partial charge in [-0.25, -0.2) is 0 Å². The molecule has 0 aliphatic heterocycles. The molecule has 0 saturated heterocycles. The van der Waals surface area contributed by atoms with Gasteiger partial charge in [-0.2, -0.15) is 0 Å². The lowest BCUT2D eigenvalue weighted by atomic mass is 10.3. The van der Waals surface area contributed by atoms with Crippen LogP contribution in [-0.4, -0.2) is 38.9 Å². The number of rotatable bonds is 6. The van der Waals surface area contributed by atoms with Crippen molar-refractivity contribution in [3.63, 3.8) is 0 Å². The van der Waals surface area contributed by atoms with E-state index in [4.69, 9.17) is 4.74 Å². The summed E-state index contributed by atoms with van der Waals surface area (Å²) >= 11 is 0. The highest BCUT2D eigenvalue weighted by molar-refractivity contribution is 5.71. The highest BCUT2D eigenvalue weighted by Gasteiger charge is 2.14. The molecule has 0 unspecified atom stereocenters. The van der Waals surface area contributed by atoms with Gasteiger partial charge in [-0.15, -0.1) is 0 Å². The first-order valence-electron chi connectivity index (χ1n) is 5.22. The molecule has 0 aromatic rings. The van der Waals surface area contributed by atoms with Crippen molar-refractivity contribution in [3.05, 3.63) is 0 Å². The fourth-order valence-corrected chi connectivity index (χ4v) is 1.62. The van der Waals surface area contributed by atoms with Crippen molar-refractivity contribution < 1.29 is 14.3 Å². The van der Waals surface area contributed by atoms with Crippen molar-refractivity contribution in [2.45, 2.75) is 31.8 Å². The van der Waals surface area contributed by atoms with E-state index in [1.54, 1.807) is 0 Å². The maximum atomic E-state index is 10.7. The Morgan fingerprint density at radius 3 is 2.79 bits per heavy atom. The normalized spacial score (nSPS) is 17.2. The first-order valence-corrected chi connectivity index (χ1v) is 5.22. The number of carbonyl (C=O) groups excluding carboxylic acids is 1. The standard InChI is InChI=1S/C10H19NO3/c1-13-10(12)8-11-6-7-14-9-4-2-3-5-9/h9,11H,2-8H2,1H3. The Morgan fingerprint density at radius 1 is 1.43 bits per heavy atom. The van der Waals surface area contributed by atoms with E-state index in [2.05, 4.69) is 10.1 Å². The third-order valence-corrected chi connectivity index (χ3v) is 2.43. The van der Waals surface area contributed by atoms with Gasteiger partial charge in [0.2, 0.25) is 0 Å². The quantitative estimate of drug-likeness (QED) is 0.508. The molecule has 0 spiro atoms. The summed E-state index contributed by atoms with van der Waals surface area (Å²) in [6.45, 7) is 1.66. The Hall–Kier alpha value is -0.610. The maximum absolute atomic E-state index is 10.7. The largest absolute Gasteiger partial charge is 0.468 e. The van der Waals surface area contributed by atoms with Gasteiger partial charge >= 0.3 is 5.97 Å². The number of ether oxygens (including phenoxy) is 2. The summed E-state index contributed by atoms with van der Waals surface area (Å²) in [6, 6.07) is 0. The highest BCUT2D eigenvalue weighted by Crippen LogP contribution is 2.20. The minimum atomic E-state index is -0.231. The fraction of sp³-hybridized carbons (Fsp3) is 0.900. The first kappa shape index (κ1) is 11.5. The predicted molar refractivity (Wildman–Crippen MR) is 53.1 cm³/mol. The second-order valence-electron chi connectivity index (χ2n) is 3.53. The van der Waals surface area contributed by atoms with Crippen molar-refractivity contribution in [3.8, 4) is 0 Å². The molecular weight excluding hydrogens is 182 g/mol. The molecule has 0 aromatic carbocycles. The SMILES string of the molecule is COC(=O)CNCCOC1CCCC1. The Labute approximate surface area is 85.0 Å². The van der Waals surface area contributed by atoms with E-state index in [0.717, 1.165) is 0 Å². The summed E-state index contributed by atoms with van der Waals surface area (Å²) in [7, 11) is 1.39. The Balaban J connectivity index is 1.86. The van der Waals surface area contributed by atoms with Gasteiger partial charge in [-0.05, 0) is 12.8 Å². The van der Waals surface area contributed by atoms with Gasteiger partial charge in [0.15, 0.2) is 0 Å². The van der Waals surface area contributed by atoms with E-state index in [1.807, 2.05) is 0 Å². The van der Waals surface area contributed by atoms with Crippen LogP contribution < -0.4 is 5.32 Å². The number of esters is 1. The van der Waals surface area contributed by atoms with Gasteiger partial charge in [0.05, 0.1) is 26.4 Å². The monoisotopic (exact) mass is 201 g/mol. The van der Waals surface area contributed by atoms with Crippen molar-refractivity contribution in [2.75, 3.05) is 26.8 Å². The lowest BCUT2D eigenvalue weighted by molar-refractivity contribution is -0.139. The second-order valence-corrected chi connectivity index (χ2v) is 3.53. The Morgan fingerprint density at radius 2 is 2.14 bits per heavy atom. The van der Waals surface area contributed by atoms with Crippen LogP contribution in [0.5, 0.6) is 0 Å². The smallest absolute Gasteiger partial charge is 0.319 e. The molecule has 4 heteroatoms. The second kappa shape index (κ2) is 6.79. The molecule has 1 fully saturated rings.